The summed E-state index contributed by atoms with van der Waals surface area (Å²) < 4.78 is 5.55. The summed E-state index contributed by atoms with van der Waals surface area (Å²) in [6.07, 6.45) is 6.18. The fraction of sp³-hybridized carbons (Fsp3) is 0.556. The number of hydrogen-bond donors (Lipinski definition) is 3. The molecule has 2 aliphatic rings. The van der Waals surface area contributed by atoms with Crippen molar-refractivity contribution in [3.05, 3.63) is 30.0 Å². The number of nitrogens with zero attached hydrogens (tertiary/aromatic N) is 4. The van der Waals surface area contributed by atoms with E-state index >= 15 is 0 Å². The van der Waals surface area contributed by atoms with Gasteiger partial charge in [-0.1, -0.05) is 12.8 Å². The maximum atomic E-state index is 13.2. The van der Waals surface area contributed by atoms with Crippen LogP contribution in [0.2, 0.25) is 0 Å². The number of methoxy groups -OCH3 is 1. The molecular formula is C27H38N6O4. The summed E-state index contributed by atoms with van der Waals surface area (Å²) in [5, 5.41) is 15.5. The number of hydrogen-bond acceptors (Lipinski definition) is 8. The minimum atomic E-state index is -0.745. The molecule has 1 aromatic carbocycles. The minimum absolute atomic E-state index is 0.0402. The molecule has 1 aromatic heterocycles. The predicted octanol–water partition coefficient (Wildman–Crippen LogP) is 3.48. The number of benzene rings is 1. The van der Waals surface area contributed by atoms with Gasteiger partial charge in [0.25, 0.3) is 5.91 Å². The quantitative estimate of drug-likeness (QED) is 0.518. The van der Waals surface area contributed by atoms with Crippen LogP contribution < -0.4 is 25.2 Å². The lowest BCUT2D eigenvalue weighted by Gasteiger charge is -2.34. The zero-order valence-corrected chi connectivity index (χ0v) is 22.6. The van der Waals surface area contributed by atoms with Gasteiger partial charge >= 0.3 is 0 Å². The Labute approximate surface area is 218 Å². The van der Waals surface area contributed by atoms with Gasteiger partial charge in [0.1, 0.15) is 11.4 Å². The molecule has 1 aliphatic carbocycles. The SMILES string of the molecule is COc1cc(C(=O)NC(C)(C)CO)ccc1Nc1ncc2c(n1)N(C1CCCC1)CC(C)(C)C(=O)N2C. The third-order valence-corrected chi connectivity index (χ3v) is 7.16. The average Bonchev–Trinajstić information content (AvgIpc) is 3.39. The van der Waals surface area contributed by atoms with E-state index in [1.165, 1.54) is 20.0 Å². The molecule has 37 heavy (non-hydrogen) atoms. The summed E-state index contributed by atoms with van der Waals surface area (Å²) in [7, 11) is 3.31. The number of aliphatic hydroxyl groups excluding tert-OH is 1. The number of anilines is 4. The first-order valence-corrected chi connectivity index (χ1v) is 12.8. The Morgan fingerprint density at radius 3 is 2.62 bits per heavy atom. The molecule has 4 rings (SSSR count). The molecule has 0 unspecified atom stereocenters. The number of carbonyl (C=O) groups is 2. The molecule has 200 valence electrons. The highest BCUT2D eigenvalue weighted by molar-refractivity contribution is 6.01. The highest BCUT2D eigenvalue weighted by Gasteiger charge is 2.41. The molecule has 2 aromatic rings. The molecule has 2 heterocycles. The van der Waals surface area contributed by atoms with Crippen molar-refractivity contribution in [1.29, 1.82) is 0 Å². The van der Waals surface area contributed by atoms with E-state index < -0.39 is 11.0 Å². The molecule has 1 fully saturated rings. The van der Waals surface area contributed by atoms with Gasteiger partial charge in [-0.15, -0.1) is 0 Å². The molecular weight excluding hydrogens is 472 g/mol. The van der Waals surface area contributed by atoms with Gasteiger partial charge in [-0.05, 0) is 58.7 Å². The van der Waals surface area contributed by atoms with E-state index in [9.17, 15) is 14.7 Å². The van der Waals surface area contributed by atoms with Crippen molar-refractivity contribution >= 4 is 35.0 Å². The number of fused-ring (bicyclic) bond motifs is 1. The van der Waals surface area contributed by atoms with E-state index in [1.807, 2.05) is 13.8 Å². The number of rotatable bonds is 7. The molecule has 0 spiro atoms. The van der Waals surface area contributed by atoms with Crippen molar-refractivity contribution < 1.29 is 19.4 Å². The van der Waals surface area contributed by atoms with Gasteiger partial charge < -0.3 is 30.3 Å². The van der Waals surface area contributed by atoms with Crippen LogP contribution in [-0.4, -0.2) is 65.8 Å². The van der Waals surface area contributed by atoms with E-state index in [4.69, 9.17) is 9.72 Å². The van der Waals surface area contributed by atoms with Crippen molar-refractivity contribution in [2.45, 2.75) is 65.0 Å². The lowest BCUT2D eigenvalue weighted by molar-refractivity contribution is -0.125. The van der Waals surface area contributed by atoms with Crippen LogP contribution in [0, 0.1) is 5.41 Å². The van der Waals surface area contributed by atoms with Crippen LogP contribution in [0.15, 0.2) is 24.4 Å². The molecule has 0 saturated heterocycles. The molecule has 1 saturated carbocycles. The number of aromatic nitrogens is 2. The van der Waals surface area contributed by atoms with Gasteiger partial charge in [0.05, 0.1) is 36.6 Å². The average molecular weight is 511 g/mol. The number of ether oxygens (including phenoxy) is 1. The Morgan fingerprint density at radius 1 is 1.27 bits per heavy atom. The van der Waals surface area contributed by atoms with E-state index in [-0.39, 0.29) is 18.4 Å². The lowest BCUT2D eigenvalue weighted by atomic mass is 9.91. The Hall–Kier alpha value is -3.40. The first-order valence-electron chi connectivity index (χ1n) is 12.8. The summed E-state index contributed by atoms with van der Waals surface area (Å²) in [4.78, 5) is 39.2. The lowest BCUT2D eigenvalue weighted by Crippen LogP contribution is -2.46. The van der Waals surface area contributed by atoms with Crippen LogP contribution in [0.25, 0.3) is 0 Å². The molecule has 0 bridgehead atoms. The van der Waals surface area contributed by atoms with E-state index in [0.29, 0.717) is 41.2 Å². The molecule has 10 heteroatoms. The minimum Gasteiger partial charge on any atom is -0.495 e. The smallest absolute Gasteiger partial charge is 0.251 e. The van der Waals surface area contributed by atoms with E-state index in [1.54, 1.807) is 50.2 Å². The fourth-order valence-corrected chi connectivity index (χ4v) is 5.00. The number of aliphatic hydroxyl groups is 1. The summed E-state index contributed by atoms with van der Waals surface area (Å²) in [5.74, 6) is 1.30. The van der Waals surface area contributed by atoms with Crippen LogP contribution >= 0.6 is 0 Å². The molecule has 10 nitrogen and oxygen atoms in total. The maximum Gasteiger partial charge on any atom is 0.251 e. The van der Waals surface area contributed by atoms with Crippen molar-refractivity contribution in [2.24, 2.45) is 5.41 Å². The van der Waals surface area contributed by atoms with E-state index in [2.05, 4.69) is 20.5 Å². The fourth-order valence-electron chi connectivity index (χ4n) is 5.00. The summed E-state index contributed by atoms with van der Waals surface area (Å²) in [6.45, 7) is 7.86. The van der Waals surface area contributed by atoms with Gasteiger partial charge in [0, 0.05) is 25.2 Å². The first-order chi connectivity index (χ1) is 17.5. The summed E-state index contributed by atoms with van der Waals surface area (Å²) >= 11 is 0. The summed E-state index contributed by atoms with van der Waals surface area (Å²) in [5.41, 5.74) is 0.396. The van der Waals surface area contributed by atoms with Gasteiger partial charge in [0.2, 0.25) is 11.9 Å². The predicted molar refractivity (Wildman–Crippen MR) is 144 cm³/mol. The Morgan fingerprint density at radius 2 is 1.97 bits per heavy atom. The highest BCUT2D eigenvalue weighted by atomic mass is 16.5. The molecule has 0 atom stereocenters. The third kappa shape index (κ3) is 5.49. The zero-order chi connectivity index (χ0) is 27.0. The standard InChI is InChI=1S/C27H38N6O4/c1-26(2)15-33(18-9-7-8-10-18)22-20(32(5)24(26)36)14-28-25(30-22)29-19-12-11-17(13-21(19)37-6)23(35)31-27(3,4)16-34/h11-14,18,34H,7-10,15-16H2,1-6H3,(H,31,35)(H,28,29,30). The van der Waals surface area contributed by atoms with Crippen molar-refractivity contribution in [3.63, 3.8) is 0 Å². The molecule has 0 radical (unpaired) electrons. The second kappa shape index (κ2) is 10.2. The van der Waals surface area contributed by atoms with E-state index in [0.717, 1.165) is 18.7 Å². The Kier molecular flexibility index (Phi) is 7.32. The van der Waals surface area contributed by atoms with Crippen LogP contribution in [0.1, 0.15) is 63.7 Å². The Bertz CT molecular complexity index is 1180. The Balaban J connectivity index is 1.66. The van der Waals surface area contributed by atoms with Crippen LogP contribution in [0.3, 0.4) is 0 Å². The molecule has 3 N–H and O–H groups in total. The van der Waals surface area contributed by atoms with Crippen molar-refractivity contribution in [1.82, 2.24) is 15.3 Å². The maximum absolute atomic E-state index is 13.2. The van der Waals surface area contributed by atoms with Crippen LogP contribution in [-0.2, 0) is 4.79 Å². The largest absolute Gasteiger partial charge is 0.495 e. The van der Waals surface area contributed by atoms with Crippen molar-refractivity contribution in [3.8, 4) is 5.75 Å². The first kappa shape index (κ1) is 26.7. The van der Waals surface area contributed by atoms with Crippen LogP contribution in [0.4, 0.5) is 23.1 Å². The van der Waals surface area contributed by atoms with Gasteiger partial charge in [-0.2, -0.15) is 4.98 Å². The third-order valence-electron chi connectivity index (χ3n) is 7.16. The second-order valence-electron chi connectivity index (χ2n) is 11.3. The molecule has 2 amide bonds. The van der Waals surface area contributed by atoms with Gasteiger partial charge in [-0.25, -0.2) is 4.98 Å². The monoisotopic (exact) mass is 510 g/mol. The van der Waals surface area contributed by atoms with Crippen LogP contribution in [0.5, 0.6) is 5.75 Å². The number of amides is 2. The summed E-state index contributed by atoms with van der Waals surface area (Å²) in [6, 6.07) is 5.38. The zero-order valence-electron chi connectivity index (χ0n) is 22.6. The molecule has 1 aliphatic heterocycles. The second-order valence-corrected chi connectivity index (χ2v) is 11.3. The highest BCUT2D eigenvalue weighted by Crippen LogP contribution is 2.40. The topological polar surface area (TPSA) is 120 Å². The van der Waals surface area contributed by atoms with Gasteiger partial charge in [-0.3, -0.25) is 9.59 Å². The van der Waals surface area contributed by atoms with Gasteiger partial charge in [0.15, 0.2) is 5.82 Å². The number of carbonyl (C=O) groups excluding carboxylic acids is 2. The normalized spacial score (nSPS) is 17.9. The van der Waals surface area contributed by atoms with Crippen molar-refractivity contribution in [2.75, 3.05) is 42.4 Å². The number of nitrogens with one attached hydrogen (secondary N) is 2.